The largest absolute Gasteiger partial charge is 0.492 e. The van der Waals surface area contributed by atoms with Gasteiger partial charge in [0.2, 0.25) is 0 Å². The van der Waals surface area contributed by atoms with E-state index >= 15 is 0 Å². The smallest absolute Gasteiger partial charge is 0.462 e. The number of carbonyl (C=O) groups is 1. The van der Waals surface area contributed by atoms with Crippen molar-refractivity contribution in [2.75, 3.05) is 6.61 Å². The number of carbonyl (C=O) groups excluding carboxylic acids is 1. The Morgan fingerprint density at radius 3 is 2.62 bits per heavy atom. The third-order valence-electron chi connectivity index (χ3n) is 2.58. The molecule has 0 unspecified atom stereocenters. The third-order valence-corrected chi connectivity index (χ3v) is 3.16. The second-order valence-electron chi connectivity index (χ2n) is 4.01. The molecule has 0 N–H and O–H groups in total. The molecule has 0 amide bonds. The van der Waals surface area contributed by atoms with Crippen molar-refractivity contribution in [2.24, 2.45) is 0 Å². The molecule has 21 heavy (non-hydrogen) atoms. The number of nitrogens with zero attached hydrogens (tertiary/aromatic N) is 4. The molecule has 8 nitrogen and oxygen atoms in total. The highest BCUT2D eigenvalue weighted by Crippen LogP contribution is 2.15. The molecule has 9 heteroatoms. The molecule has 0 fully saturated rings. The van der Waals surface area contributed by atoms with Gasteiger partial charge >= 0.3 is 11.9 Å². The van der Waals surface area contributed by atoms with E-state index in [0.29, 0.717) is 18.7 Å². The molecule has 0 aliphatic carbocycles. The lowest BCUT2D eigenvalue weighted by Crippen LogP contribution is -2.06. The van der Waals surface area contributed by atoms with Gasteiger partial charge in [0, 0.05) is 21.0 Å². The summed E-state index contributed by atoms with van der Waals surface area (Å²) in [5.74, 6) is -0.855. The molecule has 0 spiro atoms. The summed E-state index contributed by atoms with van der Waals surface area (Å²) in [5.41, 5.74) is 1.27. The number of nitro groups is 1. The van der Waals surface area contributed by atoms with E-state index in [9.17, 15) is 14.9 Å². The molecule has 2 rings (SSSR count). The summed E-state index contributed by atoms with van der Waals surface area (Å²) in [6, 6.07) is 6.72. The SMILES string of the molecule is CCOC(=O)c1ccc(Cn2nc([N+](=O)[O-])nc2Br)cc1. The fourth-order valence-corrected chi connectivity index (χ4v) is 1.99. The highest BCUT2D eigenvalue weighted by atomic mass is 79.9. The molecular weight excluding hydrogens is 344 g/mol. The lowest BCUT2D eigenvalue weighted by molar-refractivity contribution is -0.394. The Hall–Kier alpha value is -2.29. The van der Waals surface area contributed by atoms with Crippen molar-refractivity contribution in [2.45, 2.75) is 13.5 Å². The van der Waals surface area contributed by atoms with Crippen molar-refractivity contribution < 1.29 is 14.5 Å². The molecule has 0 aliphatic rings. The van der Waals surface area contributed by atoms with E-state index < -0.39 is 10.9 Å². The Labute approximate surface area is 128 Å². The van der Waals surface area contributed by atoms with Gasteiger partial charge in [0.05, 0.1) is 18.7 Å². The number of esters is 1. The van der Waals surface area contributed by atoms with Crippen molar-refractivity contribution in [3.8, 4) is 0 Å². The normalized spacial score (nSPS) is 10.4. The fourth-order valence-electron chi connectivity index (χ4n) is 1.62. The zero-order chi connectivity index (χ0) is 15.4. The van der Waals surface area contributed by atoms with E-state index in [4.69, 9.17) is 4.74 Å². The fraction of sp³-hybridized carbons (Fsp3) is 0.250. The van der Waals surface area contributed by atoms with Crippen LogP contribution in [0.15, 0.2) is 29.0 Å². The standard InChI is InChI=1S/C12H11BrN4O4/c1-2-21-10(18)9-5-3-8(4-6-9)7-16-11(13)14-12(15-16)17(19)20/h3-6H,2,7H2,1H3. The first-order valence-corrected chi connectivity index (χ1v) is 6.81. The Kier molecular flexibility index (Phi) is 4.63. The van der Waals surface area contributed by atoms with Crippen molar-refractivity contribution >= 4 is 27.8 Å². The molecular formula is C12H11BrN4O4. The highest BCUT2D eigenvalue weighted by molar-refractivity contribution is 9.10. The van der Waals surface area contributed by atoms with E-state index in [1.807, 2.05) is 0 Å². The molecule has 0 atom stereocenters. The van der Waals surface area contributed by atoms with Crippen LogP contribution in [0, 0.1) is 10.1 Å². The van der Waals surface area contributed by atoms with Crippen LogP contribution in [0.4, 0.5) is 5.95 Å². The molecule has 0 bridgehead atoms. The Bertz CT molecular complexity index is 668. The molecule has 1 aromatic heterocycles. The van der Waals surface area contributed by atoms with Crippen LogP contribution in [0.25, 0.3) is 0 Å². The first-order chi connectivity index (χ1) is 10.0. The van der Waals surface area contributed by atoms with Crippen LogP contribution in [0.5, 0.6) is 0 Å². The van der Waals surface area contributed by atoms with Crippen LogP contribution < -0.4 is 0 Å². The number of hydrogen-bond acceptors (Lipinski definition) is 6. The number of halogens is 1. The molecule has 1 heterocycles. The van der Waals surface area contributed by atoms with Crippen LogP contribution in [0.3, 0.4) is 0 Å². The van der Waals surface area contributed by atoms with Crippen molar-refractivity contribution in [1.82, 2.24) is 14.8 Å². The Morgan fingerprint density at radius 2 is 2.10 bits per heavy atom. The van der Waals surface area contributed by atoms with Gasteiger partial charge in [-0.3, -0.25) is 0 Å². The van der Waals surface area contributed by atoms with Crippen LogP contribution in [-0.4, -0.2) is 32.3 Å². The van der Waals surface area contributed by atoms with Crippen molar-refractivity contribution in [1.29, 1.82) is 0 Å². The number of benzene rings is 1. The summed E-state index contributed by atoms with van der Waals surface area (Å²) in [6.45, 7) is 2.35. The van der Waals surface area contributed by atoms with Gasteiger partial charge in [0.1, 0.15) is 0 Å². The maximum absolute atomic E-state index is 11.5. The summed E-state index contributed by atoms with van der Waals surface area (Å²) < 4.78 is 6.51. The van der Waals surface area contributed by atoms with Gasteiger partial charge in [-0.15, -0.1) is 0 Å². The van der Waals surface area contributed by atoms with Crippen molar-refractivity contribution in [3.05, 3.63) is 50.2 Å². The average molecular weight is 355 g/mol. The minimum absolute atomic E-state index is 0.267. The number of hydrogen-bond donors (Lipinski definition) is 0. The van der Waals surface area contributed by atoms with Crippen LogP contribution in [0.2, 0.25) is 0 Å². The number of aromatic nitrogens is 3. The third kappa shape index (κ3) is 3.63. The highest BCUT2D eigenvalue weighted by Gasteiger charge is 2.19. The molecule has 0 saturated carbocycles. The van der Waals surface area contributed by atoms with Gasteiger partial charge in [-0.2, -0.15) is 4.68 Å². The second kappa shape index (κ2) is 6.44. The second-order valence-corrected chi connectivity index (χ2v) is 4.72. The molecule has 110 valence electrons. The van der Waals surface area contributed by atoms with Gasteiger partial charge in [-0.05, 0) is 34.5 Å². The molecule has 0 saturated heterocycles. The van der Waals surface area contributed by atoms with E-state index in [1.165, 1.54) is 4.68 Å². The predicted octanol–water partition coefficient (Wildman–Crippen LogP) is 2.17. The first kappa shape index (κ1) is 15.1. The van der Waals surface area contributed by atoms with Gasteiger partial charge < -0.3 is 14.9 Å². The van der Waals surface area contributed by atoms with Crippen LogP contribution in [0.1, 0.15) is 22.8 Å². The maximum Gasteiger partial charge on any atom is 0.492 e. The van der Waals surface area contributed by atoms with E-state index in [2.05, 4.69) is 26.0 Å². The number of ether oxygens (including phenoxy) is 1. The minimum Gasteiger partial charge on any atom is -0.462 e. The lowest BCUT2D eigenvalue weighted by atomic mass is 10.1. The summed E-state index contributed by atoms with van der Waals surface area (Å²) in [4.78, 5) is 25.1. The average Bonchev–Trinajstić information content (AvgIpc) is 2.81. The summed E-state index contributed by atoms with van der Waals surface area (Å²) in [5, 5.41) is 14.4. The van der Waals surface area contributed by atoms with Crippen LogP contribution in [-0.2, 0) is 11.3 Å². The molecule has 1 aromatic carbocycles. The minimum atomic E-state index is -0.662. The van der Waals surface area contributed by atoms with Crippen LogP contribution >= 0.6 is 15.9 Å². The maximum atomic E-state index is 11.5. The molecule has 0 radical (unpaired) electrons. The molecule has 0 aliphatic heterocycles. The zero-order valence-electron chi connectivity index (χ0n) is 11.0. The summed E-state index contributed by atoms with van der Waals surface area (Å²) >= 11 is 3.11. The summed E-state index contributed by atoms with van der Waals surface area (Å²) in [7, 11) is 0. The zero-order valence-corrected chi connectivity index (χ0v) is 12.6. The van der Waals surface area contributed by atoms with E-state index in [0.717, 1.165) is 5.56 Å². The molecule has 2 aromatic rings. The lowest BCUT2D eigenvalue weighted by Gasteiger charge is -2.03. The monoisotopic (exact) mass is 354 g/mol. The van der Waals surface area contributed by atoms with Crippen molar-refractivity contribution in [3.63, 3.8) is 0 Å². The summed E-state index contributed by atoms with van der Waals surface area (Å²) in [6.07, 6.45) is 0. The van der Waals surface area contributed by atoms with Gasteiger partial charge in [-0.25, -0.2) is 4.79 Å². The number of rotatable bonds is 5. The van der Waals surface area contributed by atoms with Gasteiger partial charge in [-0.1, -0.05) is 12.1 Å². The topological polar surface area (TPSA) is 100 Å². The predicted molar refractivity (Wildman–Crippen MR) is 75.9 cm³/mol. The Balaban J connectivity index is 2.13. The van der Waals surface area contributed by atoms with E-state index in [-0.39, 0.29) is 10.7 Å². The van der Waals surface area contributed by atoms with E-state index in [1.54, 1.807) is 31.2 Å². The van der Waals surface area contributed by atoms with Gasteiger partial charge in [0.15, 0.2) is 0 Å². The van der Waals surface area contributed by atoms with Gasteiger partial charge in [0.25, 0.3) is 4.73 Å². The Morgan fingerprint density at radius 1 is 1.43 bits per heavy atom. The quantitative estimate of drug-likeness (QED) is 0.463. The first-order valence-electron chi connectivity index (χ1n) is 6.02.